The lowest BCUT2D eigenvalue weighted by Gasteiger charge is -2.17. The highest BCUT2D eigenvalue weighted by molar-refractivity contribution is 6.05. The second-order valence-corrected chi connectivity index (χ2v) is 7.55. The number of amides is 1. The molecule has 32 heavy (non-hydrogen) atoms. The summed E-state index contributed by atoms with van der Waals surface area (Å²) in [7, 11) is 1.25. The number of carbonyl (C=O) groups is 2. The van der Waals surface area contributed by atoms with Crippen LogP contribution in [0, 0.1) is 0 Å². The second-order valence-electron chi connectivity index (χ2n) is 7.55. The minimum atomic E-state index is -0.960. The van der Waals surface area contributed by atoms with E-state index in [0.29, 0.717) is 17.3 Å². The SMILES string of the molecule is CCCCCn1nc(C(=O)NC(Cc2ccc(O)cc2)C(=O)OC)c2ccccc2c1=O. The van der Waals surface area contributed by atoms with E-state index in [2.05, 4.69) is 17.3 Å². The van der Waals surface area contributed by atoms with Crippen LogP contribution in [0.3, 0.4) is 0 Å². The molecule has 0 spiro atoms. The number of carbonyl (C=O) groups excluding carboxylic acids is 2. The van der Waals surface area contributed by atoms with Crippen LogP contribution in [0.15, 0.2) is 53.3 Å². The van der Waals surface area contributed by atoms with Crippen molar-refractivity contribution in [3.05, 3.63) is 70.1 Å². The molecular weight excluding hydrogens is 410 g/mol. The molecule has 1 heterocycles. The summed E-state index contributed by atoms with van der Waals surface area (Å²) in [6.45, 7) is 2.47. The molecule has 1 atom stereocenters. The summed E-state index contributed by atoms with van der Waals surface area (Å²) in [5.74, 6) is -1.07. The van der Waals surface area contributed by atoms with Crippen molar-refractivity contribution in [2.24, 2.45) is 0 Å². The Labute approximate surface area is 185 Å². The first-order valence-corrected chi connectivity index (χ1v) is 10.6. The average Bonchev–Trinajstić information content (AvgIpc) is 2.81. The quantitative estimate of drug-likeness (QED) is 0.393. The van der Waals surface area contributed by atoms with Crippen LogP contribution < -0.4 is 10.9 Å². The fraction of sp³-hybridized carbons (Fsp3) is 0.333. The van der Waals surface area contributed by atoms with Crippen LogP contribution in [0.5, 0.6) is 5.75 Å². The van der Waals surface area contributed by atoms with E-state index in [1.54, 1.807) is 36.4 Å². The fourth-order valence-corrected chi connectivity index (χ4v) is 3.50. The predicted molar refractivity (Wildman–Crippen MR) is 121 cm³/mol. The average molecular weight is 437 g/mol. The molecule has 168 valence electrons. The van der Waals surface area contributed by atoms with Crippen molar-refractivity contribution in [1.82, 2.24) is 15.1 Å². The number of nitrogens with zero attached hydrogens (tertiary/aromatic N) is 2. The molecule has 1 aromatic heterocycles. The zero-order valence-electron chi connectivity index (χ0n) is 18.2. The summed E-state index contributed by atoms with van der Waals surface area (Å²) < 4.78 is 6.18. The van der Waals surface area contributed by atoms with Gasteiger partial charge in [0.25, 0.3) is 11.5 Å². The Kier molecular flexibility index (Phi) is 7.59. The van der Waals surface area contributed by atoms with Crippen LogP contribution in [0.2, 0.25) is 0 Å². The molecule has 2 aromatic carbocycles. The van der Waals surface area contributed by atoms with Crippen LogP contribution in [0.1, 0.15) is 42.2 Å². The predicted octanol–water partition coefficient (Wildman–Crippen LogP) is 2.81. The van der Waals surface area contributed by atoms with E-state index < -0.39 is 17.9 Å². The number of aryl methyl sites for hydroxylation is 1. The third-order valence-corrected chi connectivity index (χ3v) is 5.22. The van der Waals surface area contributed by atoms with E-state index in [1.165, 1.54) is 23.9 Å². The maximum atomic E-state index is 13.2. The van der Waals surface area contributed by atoms with Crippen molar-refractivity contribution in [2.75, 3.05) is 7.11 Å². The van der Waals surface area contributed by atoms with Crippen molar-refractivity contribution >= 4 is 22.6 Å². The molecule has 3 rings (SSSR count). The van der Waals surface area contributed by atoms with Crippen LogP contribution in [0.25, 0.3) is 10.8 Å². The van der Waals surface area contributed by atoms with Gasteiger partial charge in [0.15, 0.2) is 5.69 Å². The lowest BCUT2D eigenvalue weighted by Crippen LogP contribution is -2.44. The van der Waals surface area contributed by atoms with E-state index in [1.807, 2.05) is 0 Å². The maximum absolute atomic E-state index is 13.2. The third kappa shape index (κ3) is 5.32. The molecule has 2 N–H and O–H groups in total. The van der Waals surface area contributed by atoms with Crippen LogP contribution >= 0.6 is 0 Å². The Bertz CT molecular complexity index is 1150. The van der Waals surface area contributed by atoms with Gasteiger partial charge >= 0.3 is 5.97 Å². The normalized spacial score (nSPS) is 11.8. The summed E-state index contributed by atoms with van der Waals surface area (Å²) in [6, 6.07) is 12.2. The number of phenolic OH excluding ortho intramolecular Hbond substituents is 1. The molecule has 0 saturated carbocycles. The lowest BCUT2D eigenvalue weighted by atomic mass is 10.0. The third-order valence-electron chi connectivity index (χ3n) is 5.22. The zero-order chi connectivity index (χ0) is 23.1. The summed E-state index contributed by atoms with van der Waals surface area (Å²) >= 11 is 0. The highest BCUT2D eigenvalue weighted by atomic mass is 16.5. The summed E-state index contributed by atoms with van der Waals surface area (Å²) in [4.78, 5) is 38.4. The number of benzene rings is 2. The number of aromatic nitrogens is 2. The molecule has 8 nitrogen and oxygen atoms in total. The number of hydrogen-bond donors (Lipinski definition) is 2. The first-order chi connectivity index (χ1) is 15.4. The van der Waals surface area contributed by atoms with Crippen molar-refractivity contribution in [2.45, 2.75) is 45.2 Å². The van der Waals surface area contributed by atoms with Crippen molar-refractivity contribution in [1.29, 1.82) is 0 Å². The van der Waals surface area contributed by atoms with Crippen molar-refractivity contribution in [3.63, 3.8) is 0 Å². The smallest absolute Gasteiger partial charge is 0.328 e. The summed E-state index contributed by atoms with van der Waals surface area (Å²) in [5, 5.41) is 17.3. The van der Waals surface area contributed by atoms with Gasteiger partial charge < -0.3 is 15.2 Å². The number of aromatic hydroxyl groups is 1. The Balaban J connectivity index is 1.93. The fourth-order valence-electron chi connectivity index (χ4n) is 3.50. The molecule has 1 amide bonds. The summed E-state index contributed by atoms with van der Waals surface area (Å²) in [6.07, 6.45) is 2.88. The monoisotopic (exact) mass is 437 g/mol. The van der Waals surface area contributed by atoms with Crippen LogP contribution in [-0.4, -0.2) is 39.9 Å². The molecule has 3 aromatic rings. The zero-order valence-corrected chi connectivity index (χ0v) is 18.2. The van der Waals surface area contributed by atoms with Crippen molar-refractivity contribution in [3.8, 4) is 5.75 Å². The topological polar surface area (TPSA) is 111 Å². The Morgan fingerprint density at radius 2 is 1.78 bits per heavy atom. The van der Waals surface area contributed by atoms with Gasteiger partial charge in [-0.25, -0.2) is 9.48 Å². The number of methoxy groups -OCH3 is 1. The highest BCUT2D eigenvalue weighted by Crippen LogP contribution is 2.15. The molecule has 0 fully saturated rings. The molecule has 0 bridgehead atoms. The van der Waals surface area contributed by atoms with Gasteiger partial charge in [-0.1, -0.05) is 50.1 Å². The Hall–Kier alpha value is -3.68. The number of esters is 1. The molecule has 8 heteroatoms. The van der Waals surface area contributed by atoms with Gasteiger partial charge in [-0.2, -0.15) is 5.10 Å². The van der Waals surface area contributed by atoms with Gasteiger partial charge in [0.1, 0.15) is 11.8 Å². The van der Waals surface area contributed by atoms with Gasteiger partial charge in [0.05, 0.1) is 12.5 Å². The van der Waals surface area contributed by atoms with Gasteiger partial charge in [-0.05, 0) is 30.2 Å². The number of nitrogens with one attached hydrogen (secondary N) is 1. The van der Waals surface area contributed by atoms with E-state index in [4.69, 9.17) is 4.74 Å². The Morgan fingerprint density at radius 1 is 1.09 bits per heavy atom. The molecule has 0 aliphatic heterocycles. The van der Waals surface area contributed by atoms with Gasteiger partial charge in [-0.15, -0.1) is 0 Å². The van der Waals surface area contributed by atoms with Crippen LogP contribution in [0.4, 0.5) is 0 Å². The lowest BCUT2D eigenvalue weighted by molar-refractivity contribution is -0.142. The highest BCUT2D eigenvalue weighted by Gasteiger charge is 2.25. The second kappa shape index (κ2) is 10.6. The first kappa shape index (κ1) is 23.0. The molecule has 1 unspecified atom stereocenters. The molecule has 0 saturated heterocycles. The molecule has 0 aliphatic carbocycles. The number of ether oxygens (including phenoxy) is 1. The number of unbranched alkanes of at least 4 members (excludes halogenated alkanes) is 2. The van der Waals surface area contributed by atoms with E-state index in [-0.39, 0.29) is 23.4 Å². The number of hydrogen-bond acceptors (Lipinski definition) is 6. The number of fused-ring (bicyclic) bond motifs is 1. The van der Waals surface area contributed by atoms with E-state index in [9.17, 15) is 19.5 Å². The van der Waals surface area contributed by atoms with Gasteiger partial charge in [0, 0.05) is 18.4 Å². The number of rotatable bonds is 9. The first-order valence-electron chi connectivity index (χ1n) is 10.6. The van der Waals surface area contributed by atoms with E-state index in [0.717, 1.165) is 24.8 Å². The standard InChI is InChI=1S/C24H27N3O5/c1-3-4-7-14-27-23(30)19-9-6-5-8-18(19)21(26-27)22(29)25-20(24(31)32-2)15-16-10-12-17(28)13-11-16/h5-6,8-13,20,28H,3-4,7,14-15H2,1-2H3,(H,25,29). The maximum Gasteiger partial charge on any atom is 0.328 e. The Morgan fingerprint density at radius 3 is 2.44 bits per heavy atom. The van der Waals surface area contributed by atoms with Crippen molar-refractivity contribution < 1.29 is 19.4 Å². The molecular formula is C24H27N3O5. The minimum Gasteiger partial charge on any atom is -0.508 e. The van der Waals surface area contributed by atoms with Gasteiger partial charge in [0.2, 0.25) is 0 Å². The van der Waals surface area contributed by atoms with Crippen LogP contribution in [-0.2, 0) is 22.5 Å². The minimum absolute atomic E-state index is 0.0799. The summed E-state index contributed by atoms with van der Waals surface area (Å²) in [5.41, 5.74) is 0.569. The van der Waals surface area contributed by atoms with Gasteiger partial charge in [-0.3, -0.25) is 9.59 Å². The van der Waals surface area contributed by atoms with E-state index >= 15 is 0 Å². The molecule has 0 radical (unpaired) electrons. The molecule has 0 aliphatic rings. The largest absolute Gasteiger partial charge is 0.508 e. The number of phenols is 1.